The second kappa shape index (κ2) is 7.62. The Balaban J connectivity index is 1.38. The van der Waals surface area contributed by atoms with Gasteiger partial charge in [0, 0.05) is 44.2 Å². The minimum Gasteiger partial charge on any atom is -0.371 e. The number of nitrogens with zero attached hydrogens (tertiary/aromatic N) is 2. The van der Waals surface area contributed by atoms with Gasteiger partial charge in [-0.3, -0.25) is 9.69 Å². The molecule has 0 N–H and O–H groups in total. The topological polar surface area (TPSA) is 32.8 Å². The van der Waals surface area contributed by atoms with Gasteiger partial charge >= 0.3 is 0 Å². The maximum absolute atomic E-state index is 13.6. The largest absolute Gasteiger partial charge is 0.371 e. The van der Waals surface area contributed by atoms with Crippen LogP contribution in [0.5, 0.6) is 0 Å². The van der Waals surface area contributed by atoms with Gasteiger partial charge < -0.3 is 9.64 Å². The highest BCUT2D eigenvalue weighted by molar-refractivity contribution is 5.77. The second-order valence-electron chi connectivity index (χ2n) is 7.29. The van der Waals surface area contributed by atoms with E-state index in [1.807, 2.05) is 11.0 Å². The lowest BCUT2D eigenvalue weighted by Crippen LogP contribution is -2.55. The van der Waals surface area contributed by atoms with Crippen LogP contribution in [0.25, 0.3) is 0 Å². The molecule has 2 aliphatic heterocycles. The van der Waals surface area contributed by atoms with Gasteiger partial charge in [0.05, 0.1) is 12.7 Å². The van der Waals surface area contributed by atoms with Crippen LogP contribution in [0.15, 0.2) is 24.3 Å². The number of amides is 1. The Morgan fingerprint density at radius 1 is 1.25 bits per heavy atom. The summed E-state index contributed by atoms with van der Waals surface area (Å²) in [7, 11) is 0. The van der Waals surface area contributed by atoms with E-state index in [-0.39, 0.29) is 23.9 Å². The number of benzene rings is 1. The molecule has 132 valence electrons. The van der Waals surface area contributed by atoms with Crippen molar-refractivity contribution in [2.24, 2.45) is 5.92 Å². The average Bonchev–Trinajstić information content (AvgIpc) is 2.52. The lowest BCUT2D eigenvalue weighted by atomic mass is 9.94. The molecule has 2 saturated heterocycles. The quantitative estimate of drug-likeness (QED) is 0.802. The first-order chi connectivity index (χ1) is 11.5. The molecule has 3 rings (SSSR count). The smallest absolute Gasteiger partial charge is 0.222 e. The molecule has 1 aromatic rings. The Morgan fingerprint density at radius 2 is 2.00 bits per heavy atom. The van der Waals surface area contributed by atoms with Crippen LogP contribution in [0.4, 0.5) is 4.39 Å². The number of carbonyl (C=O) groups is 1. The number of halogens is 1. The van der Waals surface area contributed by atoms with Crippen molar-refractivity contribution in [2.45, 2.75) is 45.4 Å². The zero-order valence-electron chi connectivity index (χ0n) is 14.6. The SMILES string of the molecule is CC(C)N1CC(CN2CC(OCc3ccccc3F)C2)CCC1=O. The summed E-state index contributed by atoms with van der Waals surface area (Å²) >= 11 is 0. The molecular weight excluding hydrogens is 307 g/mol. The Morgan fingerprint density at radius 3 is 2.71 bits per heavy atom. The molecule has 1 aromatic carbocycles. The fourth-order valence-electron chi connectivity index (χ4n) is 3.56. The lowest BCUT2D eigenvalue weighted by molar-refractivity contribution is -0.137. The standard InChI is InChI=1S/C19H27FN2O2/c1-14(2)22-10-15(7-8-19(22)23)9-21-11-17(12-21)24-13-16-5-3-4-6-18(16)20/h3-6,14-15,17H,7-13H2,1-2H3. The molecule has 1 amide bonds. The number of piperidine rings is 1. The Labute approximate surface area is 143 Å². The summed E-state index contributed by atoms with van der Waals surface area (Å²) in [4.78, 5) is 16.3. The third-order valence-corrected chi connectivity index (χ3v) is 5.04. The first kappa shape index (κ1) is 17.4. The van der Waals surface area contributed by atoms with Crippen LogP contribution in [0.3, 0.4) is 0 Å². The van der Waals surface area contributed by atoms with Gasteiger partial charge in [-0.1, -0.05) is 18.2 Å². The Hall–Kier alpha value is -1.46. The lowest BCUT2D eigenvalue weighted by Gasteiger charge is -2.43. The molecule has 24 heavy (non-hydrogen) atoms. The fraction of sp³-hybridized carbons (Fsp3) is 0.632. The monoisotopic (exact) mass is 334 g/mol. The van der Waals surface area contributed by atoms with Crippen LogP contribution < -0.4 is 0 Å². The van der Waals surface area contributed by atoms with Crippen molar-refractivity contribution in [2.75, 3.05) is 26.2 Å². The maximum atomic E-state index is 13.6. The highest BCUT2D eigenvalue weighted by atomic mass is 19.1. The molecule has 0 aromatic heterocycles. The van der Waals surface area contributed by atoms with E-state index in [1.54, 1.807) is 12.1 Å². The zero-order chi connectivity index (χ0) is 17.1. The van der Waals surface area contributed by atoms with E-state index in [2.05, 4.69) is 18.7 Å². The van der Waals surface area contributed by atoms with Gasteiger partial charge in [-0.15, -0.1) is 0 Å². The van der Waals surface area contributed by atoms with Crippen molar-refractivity contribution >= 4 is 5.91 Å². The summed E-state index contributed by atoms with van der Waals surface area (Å²) in [6, 6.07) is 7.05. The Kier molecular flexibility index (Phi) is 5.51. The van der Waals surface area contributed by atoms with Gasteiger partial charge in [-0.25, -0.2) is 4.39 Å². The van der Waals surface area contributed by atoms with Crippen LogP contribution in [0.2, 0.25) is 0 Å². The highest BCUT2D eigenvalue weighted by Crippen LogP contribution is 2.23. The molecule has 1 atom stereocenters. The van der Waals surface area contributed by atoms with Crippen molar-refractivity contribution in [3.8, 4) is 0 Å². The normalized spacial score (nSPS) is 22.9. The van der Waals surface area contributed by atoms with Gasteiger partial charge in [-0.2, -0.15) is 0 Å². The third-order valence-electron chi connectivity index (χ3n) is 5.04. The second-order valence-corrected chi connectivity index (χ2v) is 7.29. The molecule has 0 aliphatic carbocycles. The summed E-state index contributed by atoms with van der Waals surface area (Å²) < 4.78 is 19.4. The number of carbonyl (C=O) groups excluding carboxylic acids is 1. The summed E-state index contributed by atoms with van der Waals surface area (Å²) in [6.45, 7) is 8.20. The maximum Gasteiger partial charge on any atom is 0.222 e. The van der Waals surface area contributed by atoms with E-state index in [0.29, 0.717) is 24.5 Å². The van der Waals surface area contributed by atoms with Gasteiger partial charge in [0.25, 0.3) is 0 Å². The average molecular weight is 334 g/mol. The van der Waals surface area contributed by atoms with Crippen LogP contribution in [0.1, 0.15) is 32.3 Å². The van der Waals surface area contributed by atoms with Crippen LogP contribution in [-0.2, 0) is 16.1 Å². The number of likely N-dealkylation sites (tertiary alicyclic amines) is 2. The predicted molar refractivity (Wildman–Crippen MR) is 91.0 cm³/mol. The van der Waals surface area contributed by atoms with Crippen LogP contribution in [-0.4, -0.2) is 54.0 Å². The van der Waals surface area contributed by atoms with Crippen molar-refractivity contribution in [1.29, 1.82) is 0 Å². The van der Waals surface area contributed by atoms with Crippen molar-refractivity contribution < 1.29 is 13.9 Å². The highest BCUT2D eigenvalue weighted by Gasteiger charge is 2.33. The predicted octanol–water partition coefficient (Wildman–Crippen LogP) is 2.67. The fourth-order valence-corrected chi connectivity index (χ4v) is 3.56. The number of ether oxygens (including phenoxy) is 1. The van der Waals surface area contributed by atoms with Crippen molar-refractivity contribution in [3.63, 3.8) is 0 Å². The summed E-state index contributed by atoms with van der Waals surface area (Å²) in [6.07, 6.45) is 1.85. The van der Waals surface area contributed by atoms with Crippen molar-refractivity contribution in [1.82, 2.24) is 9.80 Å². The van der Waals surface area contributed by atoms with Crippen LogP contribution >= 0.6 is 0 Å². The van der Waals surface area contributed by atoms with E-state index in [1.165, 1.54) is 6.07 Å². The molecule has 0 saturated carbocycles. The summed E-state index contributed by atoms with van der Waals surface area (Å²) in [5, 5.41) is 0. The van der Waals surface area contributed by atoms with Gasteiger partial charge in [0.2, 0.25) is 5.91 Å². The molecule has 0 spiro atoms. The van der Waals surface area contributed by atoms with Crippen LogP contribution in [0, 0.1) is 11.7 Å². The minimum absolute atomic E-state index is 0.191. The molecule has 5 heteroatoms. The third kappa shape index (κ3) is 4.14. The molecule has 2 aliphatic rings. The first-order valence-electron chi connectivity index (χ1n) is 8.89. The van der Waals surface area contributed by atoms with Crippen molar-refractivity contribution in [3.05, 3.63) is 35.6 Å². The summed E-state index contributed by atoms with van der Waals surface area (Å²) in [5.41, 5.74) is 0.620. The van der Waals surface area contributed by atoms with Gasteiger partial charge in [0.15, 0.2) is 0 Å². The minimum atomic E-state index is -0.200. The number of rotatable bonds is 6. The molecule has 2 fully saturated rings. The molecule has 4 nitrogen and oxygen atoms in total. The van der Waals surface area contributed by atoms with E-state index < -0.39 is 0 Å². The number of hydrogen-bond acceptors (Lipinski definition) is 3. The number of hydrogen-bond donors (Lipinski definition) is 0. The molecular formula is C19H27FN2O2. The Bertz CT molecular complexity index is 572. The zero-order valence-corrected chi connectivity index (χ0v) is 14.6. The van der Waals surface area contributed by atoms with E-state index in [9.17, 15) is 9.18 Å². The van der Waals surface area contributed by atoms with E-state index >= 15 is 0 Å². The molecule has 2 heterocycles. The summed E-state index contributed by atoms with van der Waals surface area (Å²) in [5.74, 6) is 0.642. The molecule has 1 unspecified atom stereocenters. The van der Waals surface area contributed by atoms with Gasteiger partial charge in [0.1, 0.15) is 5.82 Å². The van der Waals surface area contributed by atoms with E-state index in [4.69, 9.17) is 4.74 Å². The van der Waals surface area contributed by atoms with E-state index in [0.717, 1.165) is 32.6 Å². The first-order valence-corrected chi connectivity index (χ1v) is 8.89. The molecule has 0 radical (unpaired) electrons. The molecule has 0 bridgehead atoms. The van der Waals surface area contributed by atoms with Gasteiger partial charge in [-0.05, 0) is 32.3 Å².